The van der Waals surface area contributed by atoms with Crippen molar-refractivity contribution in [3.8, 4) is 0 Å². The predicted octanol–water partition coefficient (Wildman–Crippen LogP) is 3.38. The molecule has 0 aromatic heterocycles. The Hall–Kier alpha value is -1.03. The molecule has 1 aliphatic heterocycles. The van der Waals surface area contributed by atoms with Crippen LogP contribution >= 0.6 is 12.6 Å². The van der Waals surface area contributed by atoms with Crippen molar-refractivity contribution in [1.29, 1.82) is 0 Å². The quantitative estimate of drug-likeness (QED) is 0.773. The van der Waals surface area contributed by atoms with Gasteiger partial charge in [-0.1, -0.05) is 6.92 Å². The lowest BCUT2D eigenvalue weighted by molar-refractivity contribution is 0.0583. The molecule has 0 spiro atoms. The third-order valence-electron chi connectivity index (χ3n) is 3.58. The summed E-state index contributed by atoms with van der Waals surface area (Å²) in [4.78, 5) is 14.7. The fourth-order valence-corrected chi connectivity index (χ4v) is 2.74. The minimum Gasteiger partial charge on any atom is -0.336 e. The Morgan fingerprint density at radius 3 is 2.83 bits per heavy atom. The van der Waals surface area contributed by atoms with Crippen LogP contribution in [0.25, 0.3) is 0 Å². The zero-order valence-corrected chi connectivity index (χ0v) is 11.6. The molecule has 1 amide bonds. The highest BCUT2D eigenvalue weighted by atomic mass is 32.1. The van der Waals surface area contributed by atoms with E-state index in [1.165, 1.54) is 12.1 Å². The topological polar surface area (TPSA) is 20.3 Å². The van der Waals surface area contributed by atoms with Gasteiger partial charge in [0.15, 0.2) is 0 Å². The van der Waals surface area contributed by atoms with E-state index < -0.39 is 5.82 Å². The Balaban J connectivity index is 2.23. The third-order valence-corrected chi connectivity index (χ3v) is 3.86. The lowest BCUT2D eigenvalue weighted by Gasteiger charge is -2.36. The molecule has 2 atom stereocenters. The Bertz CT molecular complexity index is 463. The number of piperidine rings is 1. The van der Waals surface area contributed by atoms with Gasteiger partial charge in [0.2, 0.25) is 0 Å². The number of halogens is 1. The van der Waals surface area contributed by atoms with E-state index in [0.29, 0.717) is 17.4 Å². The molecule has 2 unspecified atom stereocenters. The van der Waals surface area contributed by atoms with Gasteiger partial charge in [-0.05, 0) is 43.9 Å². The number of rotatable bonds is 1. The van der Waals surface area contributed by atoms with E-state index in [1.807, 2.05) is 6.92 Å². The summed E-state index contributed by atoms with van der Waals surface area (Å²) >= 11 is 4.16. The van der Waals surface area contributed by atoms with Crippen LogP contribution in [0.3, 0.4) is 0 Å². The van der Waals surface area contributed by atoms with Crippen molar-refractivity contribution in [1.82, 2.24) is 4.90 Å². The summed E-state index contributed by atoms with van der Waals surface area (Å²) in [6.07, 6.45) is 1.96. The van der Waals surface area contributed by atoms with Gasteiger partial charge in [0.05, 0.1) is 5.56 Å². The van der Waals surface area contributed by atoms with Gasteiger partial charge >= 0.3 is 0 Å². The first-order valence-electron chi connectivity index (χ1n) is 6.28. The third kappa shape index (κ3) is 2.69. The highest BCUT2D eigenvalue weighted by Gasteiger charge is 2.28. The first kappa shape index (κ1) is 13.4. The Morgan fingerprint density at radius 1 is 1.44 bits per heavy atom. The van der Waals surface area contributed by atoms with Crippen molar-refractivity contribution in [3.05, 3.63) is 29.6 Å². The summed E-state index contributed by atoms with van der Waals surface area (Å²) in [7, 11) is 0. The van der Waals surface area contributed by atoms with Gasteiger partial charge in [-0.25, -0.2) is 4.39 Å². The van der Waals surface area contributed by atoms with Gasteiger partial charge in [0.1, 0.15) is 5.82 Å². The number of likely N-dealkylation sites (tertiary alicyclic amines) is 1. The molecule has 1 aromatic carbocycles. The molecular formula is C14H18FNOS. The molecule has 1 aromatic rings. The van der Waals surface area contributed by atoms with Crippen LogP contribution in [0.5, 0.6) is 0 Å². The molecule has 1 fully saturated rings. The minimum atomic E-state index is -0.469. The second-order valence-corrected chi connectivity index (χ2v) is 5.66. The number of nitrogens with zero attached hydrogens (tertiary/aromatic N) is 1. The predicted molar refractivity (Wildman–Crippen MR) is 72.5 cm³/mol. The molecule has 2 nitrogen and oxygen atoms in total. The second-order valence-electron chi connectivity index (χ2n) is 5.14. The van der Waals surface area contributed by atoms with Crippen molar-refractivity contribution >= 4 is 18.5 Å². The molecule has 0 N–H and O–H groups in total. The fourth-order valence-electron chi connectivity index (χ4n) is 2.54. The van der Waals surface area contributed by atoms with Crippen LogP contribution in [0.1, 0.15) is 37.0 Å². The maximum Gasteiger partial charge on any atom is 0.257 e. The number of carbonyl (C=O) groups is 1. The van der Waals surface area contributed by atoms with Gasteiger partial charge in [0, 0.05) is 17.5 Å². The van der Waals surface area contributed by atoms with Crippen LogP contribution in [0, 0.1) is 11.7 Å². The molecule has 18 heavy (non-hydrogen) atoms. The van der Waals surface area contributed by atoms with E-state index in [9.17, 15) is 9.18 Å². The van der Waals surface area contributed by atoms with Gasteiger partial charge in [-0.3, -0.25) is 4.79 Å². The molecule has 0 bridgehead atoms. The molecule has 1 heterocycles. The zero-order valence-electron chi connectivity index (χ0n) is 10.7. The van der Waals surface area contributed by atoms with E-state index in [0.717, 1.165) is 12.8 Å². The van der Waals surface area contributed by atoms with Gasteiger partial charge in [0.25, 0.3) is 5.91 Å². The SMILES string of the molecule is CC1CCN(C(=O)c2cc(S)ccc2F)C(C)C1. The summed E-state index contributed by atoms with van der Waals surface area (Å²) < 4.78 is 13.7. The van der Waals surface area contributed by atoms with Crippen LogP contribution in [0.2, 0.25) is 0 Å². The summed E-state index contributed by atoms with van der Waals surface area (Å²) in [6, 6.07) is 4.53. The first-order chi connectivity index (χ1) is 8.49. The zero-order chi connectivity index (χ0) is 13.3. The van der Waals surface area contributed by atoms with E-state index in [4.69, 9.17) is 0 Å². The first-order valence-corrected chi connectivity index (χ1v) is 6.73. The van der Waals surface area contributed by atoms with Crippen molar-refractivity contribution in [2.24, 2.45) is 5.92 Å². The minimum absolute atomic E-state index is 0.129. The van der Waals surface area contributed by atoms with Gasteiger partial charge in [-0.2, -0.15) is 0 Å². The normalized spacial score (nSPS) is 24.1. The average molecular weight is 267 g/mol. The number of amides is 1. The maximum atomic E-state index is 13.7. The molecule has 0 aliphatic carbocycles. The summed E-state index contributed by atoms with van der Waals surface area (Å²) in [6.45, 7) is 4.92. The van der Waals surface area contributed by atoms with E-state index >= 15 is 0 Å². The van der Waals surface area contributed by atoms with Crippen LogP contribution in [-0.2, 0) is 0 Å². The van der Waals surface area contributed by atoms with Crippen molar-refractivity contribution in [3.63, 3.8) is 0 Å². The molecule has 1 aliphatic rings. The lowest BCUT2D eigenvalue weighted by atomic mass is 9.93. The summed E-state index contributed by atoms with van der Waals surface area (Å²) in [5.74, 6) is -0.0588. The standard InChI is InChI=1S/C14H18FNOS/c1-9-5-6-16(10(2)7-9)14(17)12-8-11(18)3-4-13(12)15/h3-4,8-10,18H,5-7H2,1-2H3. The summed E-state index contributed by atoms with van der Waals surface area (Å²) in [5.41, 5.74) is 0.129. The van der Waals surface area contributed by atoms with Gasteiger partial charge in [-0.15, -0.1) is 12.6 Å². The number of hydrogen-bond acceptors (Lipinski definition) is 2. The average Bonchev–Trinajstić information content (AvgIpc) is 2.31. The molecule has 1 saturated heterocycles. The van der Waals surface area contributed by atoms with Crippen LogP contribution in [0.15, 0.2) is 23.1 Å². The molecule has 0 saturated carbocycles. The Kier molecular flexibility index (Phi) is 3.95. The number of hydrogen-bond donors (Lipinski definition) is 1. The van der Waals surface area contributed by atoms with Crippen molar-refractivity contribution in [2.75, 3.05) is 6.54 Å². The van der Waals surface area contributed by atoms with Gasteiger partial charge < -0.3 is 4.90 Å². The number of thiol groups is 1. The van der Waals surface area contributed by atoms with E-state index in [1.54, 1.807) is 11.0 Å². The monoisotopic (exact) mass is 267 g/mol. The van der Waals surface area contributed by atoms with E-state index in [2.05, 4.69) is 19.6 Å². The Labute approximate surface area is 113 Å². The maximum absolute atomic E-state index is 13.7. The fraction of sp³-hybridized carbons (Fsp3) is 0.500. The lowest BCUT2D eigenvalue weighted by Crippen LogP contribution is -2.44. The van der Waals surface area contributed by atoms with Crippen LogP contribution < -0.4 is 0 Å². The van der Waals surface area contributed by atoms with Crippen LogP contribution in [-0.4, -0.2) is 23.4 Å². The van der Waals surface area contributed by atoms with Crippen LogP contribution in [0.4, 0.5) is 4.39 Å². The highest BCUT2D eigenvalue weighted by molar-refractivity contribution is 7.80. The smallest absolute Gasteiger partial charge is 0.257 e. The summed E-state index contributed by atoms with van der Waals surface area (Å²) in [5, 5.41) is 0. The number of benzene rings is 1. The molecule has 2 rings (SSSR count). The number of carbonyl (C=O) groups excluding carboxylic acids is 1. The van der Waals surface area contributed by atoms with Crippen molar-refractivity contribution in [2.45, 2.75) is 37.6 Å². The molecule has 0 radical (unpaired) electrons. The van der Waals surface area contributed by atoms with Crippen molar-refractivity contribution < 1.29 is 9.18 Å². The molecule has 98 valence electrons. The largest absolute Gasteiger partial charge is 0.336 e. The molecular weight excluding hydrogens is 249 g/mol. The second kappa shape index (κ2) is 5.31. The highest BCUT2D eigenvalue weighted by Crippen LogP contribution is 2.25. The molecule has 4 heteroatoms. The van der Waals surface area contributed by atoms with E-state index in [-0.39, 0.29) is 17.5 Å². The Morgan fingerprint density at radius 2 is 2.17 bits per heavy atom.